The van der Waals surface area contributed by atoms with Gasteiger partial charge < -0.3 is 15.1 Å². The average molecular weight is 317 g/mol. The van der Waals surface area contributed by atoms with Crippen molar-refractivity contribution >= 4 is 5.91 Å². The summed E-state index contributed by atoms with van der Waals surface area (Å²) in [5.41, 5.74) is -1.55. The number of halogens is 3. The van der Waals surface area contributed by atoms with Crippen LogP contribution in [0.25, 0.3) is 0 Å². The first kappa shape index (κ1) is 16.8. The number of aliphatic hydroxyl groups is 2. The topological polar surface area (TPSA) is 60.8 Å². The molecule has 0 radical (unpaired) electrons. The summed E-state index contributed by atoms with van der Waals surface area (Å²) in [6.07, 6.45) is -3.42. The first-order valence-electron chi connectivity index (χ1n) is 7.01. The van der Waals surface area contributed by atoms with E-state index >= 15 is 0 Å². The van der Waals surface area contributed by atoms with Gasteiger partial charge in [0.15, 0.2) is 0 Å². The summed E-state index contributed by atoms with van der Waals surface area (Å²) in [7, 11) is 0. The zero-order chi connectivity index (χ0) is 16.4. The van der Waals surface area contributed by atoms with Crippen LogP contribution in [0.15, 0.2) is 24.3 Å². The van der Waals surface area contributed by atoms with Gasteiger partial charge in [-0.3, -0.25) is 4.79 Å². The van der Waals surface area contributed by atoms with Gasteiger partial charge in [-0.2, -0.15) is 13.2 Å². The van der Waals surface area contributed by atoms with Crippen LogP contribution in [0.3, 0.4) is 0 Å². The smallest absolute Gasteiger partial charge is 0.393 e. The van der Waals surface area contributed by atoms with Gasteiger partial charge in [-0.15, -0.1) is 0 Å². The number of carbonyl (C=O) groups is 1. The van der Waals surface area contributed by atoms with Crippen LogP contribution in [0.5, 0.6) is 0 Å². The lowest BCUT2D eigenvalue weighted by molar-refractivity contribution is -0.140. The number of aliphatic hydroxyl groups excluding tert-OH is 1. The molecule has 2 N–H and O–H groups in total. The summed E-state index contributed by atoms with van der Waals surface area (Å²) in [4.78, 5) is 13.6. The lowest BCUT2D eigenvalue weighted by atomic mass is 9.93. The van der Waals surface area contributed by atoms with Crippen LogP contribution >= 0.6 is 0 Å². The van der Waals surface area contributed by atoms with Crippen LogP contribution in [0, 0.1) is 0 Å². The van der Waals surface area contributed by atoms with E-state index in [0.717, 1.165) is 12.1 Å². The molecule has 0 spiro atoms. The summed E-state index contributed by atoms with van der Waals surface area (Å²) in [6.45, 7) is 0.0990. The number of hydrogen-bond donors (Lipinski definition) is 2. The van der Waals surface area contributed by atoms with Crippen LogP contribution in [0.4, 0.5) is 13.2 Å². The number of β-amino-alcohol motifs (C(OH)–C–C–N with tert-alkyl or cyclic N) is 1. The van der Waals surface area contributed by atoms with E-state index in [2.05, 4.69) is 0 Å². The normalized spacial score (nSPS) is 22.7. The van der Waals surface area contributed by atoms with Crippen molar-refractivity contribution in [2.75, 3.05) is 19.7 Å². The fourth-order valence-corrected chi connectivity index (χ4v) is 2.55. The second-order valence-electron chi connectivity index (χ2n) is 5.67. The summed E-state index contributed by atoms with van der Waals surface area (Å²) in [5, 5.41) is 19.2. The molecule has 0 aromatic heterocycles. The summed E-state index contributed by atoms with van der Waals surface area (Å²) < 4.78 is 37.4. The van der Waals surface area contributed by atoms with Gasteiger partial charge in [-0.1, -0.05) is 12.1 Å². The number of piperidine rings is 1. The molecule has 1 atom stereocenters. The minimum Gasteiger partial charge on any atom is -0.393 e. The van der Waals surface area contributed by atoms with Crippen molar-refractivity contribution in [2.45, 2.75) is 31.0 Å². The maximum absolute atomic E-state index is 12.5. The standard InChI is InChI=1S/C15H18F3NO3/c16-15(17,18)12-4-2-11(3-5-12)8-13(21)19-7-1-6-14(22,9-19)10-20/h2-5,20,22H,1,6-10H2/t14-/m0/s1. The van der Waals surface area contributed by atoms with Crippen molar-refractivity contribution in [3.8, 4) is 0 Å². The molecular weight excluding hydrogens is 299 g/mol. The highest BCUT2D eigenvalue weighted by Gasteiger charge is 2.34. The SMILES string of the molecule is O=C(Cc1ccc(C(F)(F)F)cc1)N1CCC[C@@](O)(CO)C1. The van der Waals surface area contributed by atoms with Crippen LogP contribution < -0.4 is 0 Å². The Morgan fingerprint density at radius 1 is 1.27 bits per heavy atom. The van der Waals surface area contributed by atoms with Crippen molar-refractivity contribution in [1.82, 2.24) is 4.90 Å². The van der Waals surface area contributed by atoms with Gasteiger partial charge in [0.2, 0.25) is 5.91 Å². The maximum Gasteiger partial charge on any atom is 0.416 e. The van der Waals surface area contributed by atoms with Crippen LogP contribution in [0.1, 0.15) is 24.0 Å². The van der Waals surface area contributed by atoms with E-state index < -0.39 is 23.9 Å². The average Bonchev–Trinajstić information content (AvgIpc) is 2.47. The molecule has 4 nitrogen and oxygen atoms in total. The third-order valence-corrected chi connectivity index (χ3v) is 3.84. The Bertz CT molecular complexity index is 530. The number of nitrogens with zero attached hydrogens (tertiary/aromatic N) is 1. The number of alkyl halides is 3. The van der Waals surface area contributed by atoms with Gasteiger partial charge in [0.1, 0.15) is 5.60 Å². The highest BCUT2D eigenvalue weighted by atomic mass is 19.4. The van der Waals surface area contributed by atoms with E-state index in [4.69, 9.17) is 5.11 Å². The second kappa shape index (κ2) is 6.26. The van der Waals surface area contributed by atoms with Gasteiger partial charge in [0, 0.05) is 6.54 Å². The van der Waals surface area contributed by atoms with Crippen molar-refractivity contribution in [3.63, 3.8) is 0 Å². The molecule has 7 heteroatoms. The van der Waals surface area contributed by atoms with Crippen molar-refractivity contribution in [2.24, 2.45) is 0 Å². The number of likely N-dealkylation sites (tertiary alicyclic amines) is 1. The van der Waals surface area contributed by atoms with E-state index in [1.165, 1.54) is 17.0 Å². The molecule has 1 fully saturated rings. The van der Waals surface area contributed by atoms with Crippen molar-refractivity contribution < 1.29 is 28.2 Å². The second-order valence-corrected chi connectivity index (χ2v) is 5.67. The Morgan fingerprint density at radius 2 is 1.91 bits per heavy atom. The fourth-order valence-electron chi connectivity index (χ4n) is 2.55. The molecule has 1 aliphatic rings. The number of carbonyl (C=O) groups excluding carboxylic acids is 1. The van der Waals surface area contributed by atoms with E-state index in [1.807, 2.05) is 0 Å². The molecule has 1 heterocycles. The fraction of sp³-hybridized carbons (Fsp3) is 0.533. The van der Waals surface area contributed by atoms with Gasteiger partial charge in [0.25, 0.3) is 0 Å². The minimum atomic E-state index is -4.40. The molecule has 22 heavy (non-hydrogen) atoms. The largest absolute Gasteiger partial charge is 0.416 e. The van der Waals surface area contributed by atoms with Gasteiger partial charge in [-0.25, -0.2) is 0 Å². The van der Waals surface area contributed by atoms with Crippen LogP contribution in [-0.2, 0) is 17.4 Å². The van der Waals surface area contributed by atoms with E-state index in [-0.39, 0.29) is 18.9 Å². The Labute approximate surface area is 126 Å². The lowest BCUT2D eigenvalue weighted by Gasteiger charge is -2.38. The van der Waals surface area contributed by atoms with Crippen molar-refractivity contribution in [3.05, 3.63) is 35.4 Å². The highest BCUT2D eigenvalue weighted by Crippen LogP contribution is 2.29. The Kier molecular flexibility index (Phi) is 4.77. The molecule has 1 saturated heterocycles. The molecular formula is C15H18F3NO3. The maximum atomic E-state index is 12.5. The summed E-state index contributed by atoms with van der Waals surface area (Å²) in [5.74, 6) is -0.272. The van der Waals surface area contributed by atoms with Crippen LogP contribution in [0.2, 0.25) is 0 Å². The zero-order valence-corrected chi connectivity index (χ0v) is 11.9. The molecule has 0 aliphatic carbocycles. The summed E-state index contributed by atoms with van der Waals surface area (Å²) >= 11 is 0. The zero-order valence-electron chi connectivity index (χ0n) is 11.9. The number of benzene rings is 1. The molecule has 1 aliphatic heterocycles. The Morgan fingerprint density at radius 3 is 2.45 bits per heavy atom. The first-order chi connectivity index (χ1) is 10.2. The molecule has 2 rings (SSSR count). The summed E-state index contributed by atoms with van der Waals surface area (Å²) in [6, 6.07) is 4.46. The van der Waals surface area contributed by atoms with Crippen molar-refractivity contribution in [1.29, 1.82) is 0 Å². The predicted molar refractivity (Wildman–Crippen MR) is 73.0 cm³/mol. The molecule has 1 aromatic rings. The molecule has 0 saturated carbocycles. The minimum absolute atomic E-state index is 0.0281. The number of amides is 1. The Hall–Kier alpha value is -1.60. The quantitative estimate of drug-likeness (QED) is 0.890. The third-order valence-electron chi connectivity index (χ3n) is 3.84. The van der Waals surface area contributed by atoms with E-state index in [0.29, 0.717) is 24.9 Å². The van der Waals surface area contributed by atoms with E-state index in [9.17, 15) is 23.1 Å². The molecule has 0 bridgehead atoms. The molecule has 122 valence electrons. The predicted octanol–water partition coefficient (Wildman–Crippen LogP) is 1.59. The van der Waals surface area contributed by atoms with Gasteiger partial charge in [-0.05, 0) is 30.5 Å². The lowest BCUT2D eigenvalue weighted by Crippen LogP contribution is -2.52. The molecule has 0 unspecified atom stereocenters. The van der Waals surface area contributed by atoms with Crippen LogP contribution in [-0.4, -0.2) is 46.3 Å². The number of hydrogen-bond acceptors (Lipinski definition) is 3. The number of rotatable bonds is 3. The van der Waals surface area contributed by atoms with Gasteiger partial charge >= 0.3 is 6.18 Å². The molecule has 1 aromatic carbocycles. The monoisotopic (exact) mass is 317 g/mol. The highest BCUT2D eigenvalue weighted by molar-refractivity contribution is 5.79. The Balaban J connectivity index is 2.00. The first-order valence-corrected chi connectivity index (χ1v) is 7.01. The van der Waals surface area contributed by atoms with Gasteiger partial charge in [0.05, 0.1) is 25.1 Å². The molecule has 1 amide bonds. The van der Waals surface area contributed by atoms with E-state index in [1.54, 1.807) is 0 Å². The third kappa shape index (κ3) is 3.98.